The van der Waals surface area contributed by atoms with E-state index in [0.29, 0.717) is 35.5 Å². The number of benzene rings is 1. The van der Waals surface area contributed by atoms with Gasteiger partial charge in [0.15, 0.2) is 16.6 Å². The molecule has 0 aliphatic rings. The van der Waals surface area contributed by atoms with E-state index in [2.05, 4.69) is 26.2 Å². The number of hydrogen-bond acceptors (Lipinski definition) is 6. The zero-order valence-electron chi connectivity index (χ0n) is 13.7. The van der Waals surface area contributed by atoms with Gasteiger partial charge in [0, 0.05) is 6.54 Å². The predicted molar refractivity (Wildman–Crippen MR) is 97.6 cm³/mol. The van der Waals surface area contributed by atoms with Gasteiger partial charge in [0.25, 0.3) is 0 Å². The van der Waals surface area contributed by atoms with Crippen molar-refractivity contribution in [3.8, 4) is 11.5 Å². The molecule has 0 aliphatic carbocycles. The van der Waals surface area contributed by atoms with E-state index in [0.717, 1.165) is 27.8 Å². The Morgan fingerprint density at radius 2 is 2.21 bits per heavy atom. The predicted octanol–water partition coefficient (Wildman–Crippen LogP) is 4.32. The fourth-order valence-corrected chi connectivity index (χ4v) is 3.47. The Labute approximate surface area is 153 Å². The molecule has 130 valence electrons. The van der Waals surface area contributed by atoms with Crippen LogP contribution in [0.25, 0.3) is 0 Å². The van der Waals surface area contributed by atoms with Crippen molar-refractivity contribution in [1.29, 1.82) is 0 Å². The molecule has 1 aromatic carbocycles. The van der Waals surface area contributed by atoms with Gasteiger partial charge in [-0.1, -0.05) is 18.3 Å². The maximum Gasteiger partial charge on any atom is 0.347 e. The standard InChI is InChI=1S/C16H19BrN2O4S/c1-4-5-23-13-11(17)6-10(7-12(13)22-3)8-18-16-19-9(2)14(24-16)15(20)21/h6-7H,4-5,8H2,1-3H3,(H,18,19)(H,20,21). The van der Waals surface area contributed by atoms with Crippen LogP contribution in [0, 0.1) is 6.92 Å². The Bertz CT molecular complexity index is 733. The molecule has 2 rings (SSSR count). The van der Waals surface area contributed by atoms with Crippen molar-refractivity contribution < 1.29 is 19.4 Å². The summed E-state index contributed by atoms with van der Waals surface area (Å²) in [5, 5.41) is 12.8. The van der Waals surface area contributed by atoms with Crippen molar-refractivity contribution in [1.82, 2.24) is 4.98 Å². The van der Waals surface area contributed by atoms with Crippen LogP contribution < -0.4 is 14.8 Å². The van der Waals surface area contributed by atoms with Crippen LogP contribution in [0.1, 0.15) is 34.3 Å². The molecular formula is C16H19BrN2O4S. The number of carbonyl (C=O) groups is 1. The monoisotopic (exact) mass is 414 g/mol. The summed E-state index contributed by atoms with van der Waals surface area (Å²) in [6, 6.07) is 3.83. The van der Waals surface area contributed by atoms with Gasteiger partial charge in [-0.15, -0.1) is 0 Å². The van der Waals surface area contributed by atoms with Gasteiger partial charge in [0.05, 0.1) is 23.9 Å². The van der Waals surface area contributed by atoms with Gasteiger partial charge in [0.1, 0.15) is 4.88 Å². The van der Waals surface area contributed by atoms with Crippen LogP contribution in [0.15, 0.2) is 16.6 Å². The van der Waals surface area contributed by atoms with Crippen LogP contribution >= 0.6 is 27.3 Å². The molecule has 2 aromatic rings. The molecule has 0 amide bonds. The van der Waals surface area contributed by atoms with Gasteiger partial charge in [-0.3, -0.25) is 0 Å². The third kappa shape index (κ3) is 4.39. The Kier molecular flexibility index (Phi) is 6.44. The summed E-state index contributed by atoms with van der Waals surface area (Å²) in [4.78, 5) is 15.5. The number of anilines is 1. The highest BCUT2D eigenvalue weighted by Crippen LogP contribution is 2.37. The number of thiazole rings is 1. The average molecular weight is 415 g/mol. The molecule has 0 saturated heterocycles. The summed E-state index contributed by atoms with van der Waals surface area (Å²) in [6.45, 7) is 4.84. The van der Waals surface area contributed by atoms with E-state index in [9.17, 15) is 4.79 Å². The average Bonchev–Trinajstić information content (AvgIpc) is 2.92. The van der Waals surface area contributed by atoms with E-state index in [4.69, 9.17) is 14.6 Å². The molecule has 0 aliphatic heterocycles. The Balaban J connectivity index is 2.14. The maximum atomic E-state index is 11.1. The molecule has 0 spiro atoms. The van der Waals surface area contributed by atoms with E-state index in [1.807, 2.05) is 19.1 Å². The summed E-state index contributed by atoms with van der Waals surface area (Å²) in [5.41, 5.74) is 1.48. The number of carboxylic acid groups (broad SMARTS) is 1. The number of aromatic nitrogens is 1. The van der Waals surface area contributed by atoms with E-state index in [1.165, 1.54) is 0 Å². The number of halogens is 1. The molecule has 8 heteroatoms. The molecule has 0 bridgehead atoms. The topological polar surface area (TPSA) is 80.7 Å². The highest BCUT2D eigenvalue weighted by Gasteiger charge is 2.15. The second-order valence-electron chi connectivity index (χ2n) is 5.05. The molecular weight excluding hydrogens is 396 g/mol. The summed E-state index contributed by atoms with van der Waals surface area (Å²) >= 11 is 4.63. The first-order valence-corrected chi connectivity index (χ1v) is 9.01. The molecule has 0 unspecified atom stereocenters. The number of carboxylic acids is 1. The SMILES string of the molecule is CCCOc1c(Br)cc(CNc2nc(C)c(C(=O)O)s2)cc1OC. The smallest absolute Gasteiger partial charge is 0.347 e. The first-order valence-electron chi connectivity index (χ1n) is 7.40. The summed E-state index contributed by atoms with van der Waals surface area (Å²) in [5.74, 6) is 0.373. The number of aromatic carboxylic acids is 1. The summed E-state index contributed by atoms with van der Waals surface area (Å²) in [7, 11) is 1.60. The van der Waals surface area contributed by atoms with Crippen LogP contribution in [-0.4, -0.2) is 29.8 Å². The lowest BCUT2D eigenvalue weighted by atomic mass is 10.2. The number of nitrogens with zero attached hydrogens (tertiary/aromatic N) is 1. The van der Waals surface area contributed by atoms with Gasteiger partial charge in [-0.2, -0.15) is 0 Å². The van der Waals surface area contributed by atoms with Crippen molar-refractivity contribution in [3.05, 3.63) is 32.7 Å². The number of ether oxygens (including phenoxy) is 2. The van der Waals surface area contributed by atoms with Crippen LogP contribution in [0.5, 0.6) is 11.5 Å². The normalized spacial score (nSPS) is 10.5. The molecule has 1 aromatic heterocycles. The van der Waals surface area contributed by atoms with Gasteiger partial charge < -0.3 is 19.9 Å². The molecule has 0 radical (unpaired) electrons. The molecule has 0 fully saturated rings. The Morgan fingerprint density at radius 3 is 2.79 bits per heavy atom. The highest BCUT2D eigenvalue weighted by molar-refractivity contribution is 9.10. The molecule has 0 saturated carbocycles. The number of rotatable bonds is 8. The third-order valence-corrected chi connectivity index (χ3v) is 4.87. The first kappa shape index (κ1) is 18.5. The second kappa shape index (κ2) is 8.34. The molecule has 6 nitrogen and oxygen atoms in total. The number of aryl methyl sites for hydroxylation is 1. The minimum atomic E-state index is -0.958. The van der Waals surface area contributed by atoms with Crippen LogP contribution in [-0.2, 0) is 6.54 Å². The number of hydrogen-bond donors (Lipinski definition) is 2. The van der Waals surface area contributed by atoms with Gasteiger partial charge in [0.2, 0.25) is 0 Å². The van der Waals surface area contributed by atoms with E-state index >= 15 is 0 Å². The highest BCUT2D eigenvalue weighted by atomic mass is 79.9. The minimum absolute atomic E-state index is 0.250. The minimum Gasteiger partial charge on any atom is -0.493 e. The lowest BCUT2D eigenvalue weighted by Gasteiger charge is -2.14. The van der Waals surface area contributed by atoms with Gasteiger partial charge in [-0.05, 0) is 47.0 Å². The lowest BCUT2D eigenvalue weighted by Crippen LogP contribution is -2.03. The van der Waals surface area contributed by atoms with Crippen LogP contribution in [0.4, 0.5) is 5.13 Å². The van der Waals surface area contributed by atoms with Crippen molar-refractivity contribution in [2.24, 2.45) is 0 Å². The zero-order valence-corrected chi connectivity index (χ0v) is 16.1. The first-order chi connectivity index (χ1) is 11.5. The Hall–Kier alpha value is -1.80. The Morgan fingerprint density at radius 1 is 1.46 bits per heavy atom. The van der Waals surface area contributed by atoms with Crippen LogP contribution in [0.2, 0.25) is 0 Å². The summed E-state index contributed by atoms with van der Waals surface area (Å²) in [6.07, 6.45) is 0.911. The van der Waals surface area contributed by atoms with Gasteiger partial charge in [-0.25, -0.2) is 9.78 Å². The second-order valence-corrected chi connectivity index (χ2v) is 6.90. The number of nitrogens with one attached hydrogen (secondary N) is 1. The molecule has 0 atom stereocenters. The largest absolute Gasteiger partial charge is 0.493 e. The van der Waals surface area contributed by atoms with Gasteiger partial charge >= 0.3 is 5.97 Å². The number of methoxy groups -OCH3 is 1. The maximum absolute atomic E-state index is 11.1. The van der Waals surface area contributed by atoms with Crippen molar-refractivity contribution in [2.45, 2.75) is 26.8 Å². The molecule has 1 heterocycles. The van der Waals surface area contributed by atoms with Crippen molar-refractivity contribution in [3.63, 3.8) is 0 Å². The fraction of sp³-hybridized carbons (Fsp3) is 0.375. The van der Waals surface area contributed by atoms with E-state index in [1.54, 1.807) is 14.0 Å². The van der Waals surface area contributed by atoms with E-state index in [-0.39, 0.29) is 4.88 Å². The van der Waals surface area contributed by atoms with E-state index < -0.39 is 5.97 Å². The third-order valence-electron chi connectivity index (χ3n) is 3.17. The quantitative estimate of drug-likeness (QED) is 0.669. The molecule has 2 N–H and O–H groups in total. The summed E-state index contributed by atoms with van der Waals surface area (Å²) < 4.78 is 11.9. The van der Waals surface area contributed by atoms with Crippen molar-refractivity contribution >= 4 is 38.4 Å². The van der Waals surface area contributed by atoms with Crippen molar-refractivity contribution in [2.75, 3.05) is 19.0 Å². The zero-order chi connectivity index (χ0) is 17.7. The van der Waals surface area contributed by atoms with Crippen LogP contribution in [0.3, 0.4) is 0 Å². The molecule has 24 heavy (non-hydrogen) atoms. The lowest BCUT2D eigenvalue weighted by molar-refractivity contribution is 0.0701. The fourth-order valence-electron chi connectivity index (χ4n) is 2.07.